The number of nitro benzene ring substituents is 1. The van der Waals surface area contributed by atoms with Gasteiger partial charge in [0.05, 0.1) is 11.0 Å². The molecule has 1 N–H and O–H groups in total. The average Bonchev–Trinajstić information content (AvgIpc) is 2.85. The minimum absolute atomic E-state index is 0.0186. The fraction of sp³-hybridized carbons (Fsp3) is 0.533. The third-order valence-electron chi connectivity index (χ3n) is 3.33. The second kappa shape index (κ2) is 6.21. The van der Waals surface area contributed by atoms with Crippen LogP contribution in [0.25, 0.3) is 0 Å². The van der Waals surface area contributed by atoms with E-state index in [1.165, 1.54) is 12.1 Å². The van der Waals surface area contributed by atoms with Crippen molar-refractivity contribution < 1.29 is 14.5 Å². The topological polar surface area (TPSA) is 84.7 Å². The lowest BCUT2D eigenvalue weighted by Gasteiger charge is -2.22. The highest BCUT2D eigenvalue weighted by atomic mass is 16.6. The van der Waals surface area contributed by atoms with Gasteiger partial charge in [0.2, 0.25) is 0 Å². The van der Waals surface area contributed by atoms with E-state index in [0.717, 1.165) is 18.7 Å². The van der Waals surface area contributed by atoms with E-state index in [2.05, 4.69) is 10.2 Å². The first kappa shape index (κ1) is 16.1. The Morgan fingerprint density at radius 1 is 1.36 bits per heavy atom. The summed E-state index contributed by atoms with van der Waals surface area (Å²) < 4.78 is 5.24. The molecule has 0 unspecified atom stereocenters. The molecule has 1 amide bonds. The van der Waals surface area contributed by atoms with Gasteiger partial charge in [-0.2, -0.15) is 0 Å². The van der Waals surface area contributed by atoms with Gasteiger partial charge >= 0.3 is 6.09 Å². The van der Waals surface area contributed by atoms with Gasteiger partial charge in [0, 0.05) is 30.9 Å². The Kier molecular flexibility index (Phi) is 4.54. The molecule has 7 heteroatoms. The van der Waals surface area contributed by atoms with Crippen LogP contribution in [0.1, 0.15) is 27.2 Å². The number of anilines is 1. The maximum absolute atomic E-state index is 11.8. The van der Waals surface area contributed by atoms with Crippen molar-refractivity contribution in [3.05, 3.63) is 34.4 Å². The van der Waals surface area contributed by atoms with Crippen LogP contribution in [0.5, 0.6) is 0 Å². The zero-order valence-corrected chi connectivity index (χ0v) is 13.0. The number of ether oxygens (including phenoxy) is 1. The number of alkyl carbamates (subject to hydrolysis) is 1. The Labute approximate surface area is 129 Å². The van der Waals surface area contributed by atoms with Crippen LogP contribution in [0.15, 0.2) is 24.3 Å². The van der Waals surface area contributed by atoms with Gasteiger partial charge in [-0.25, -0.2) is 4.79 Å². The number of hydrogen-bond donors (Lipinski definition) is 1. The number of nitrogens with one attached hydrogen (secondary N) is 1. The minimum atomic E-state index is -0.513. The molecular formula is C15H21N3O4. The van der Waals surface area contributed by atoms with Gasteiger partial charge in [-0.15, -0.1) is 0 Å². The van der Waals surface area contributed by atoms with E-state index in [4.69, 9.17) is 4.74 Å². The molecule has 1 atom stereocenters. The molecule has 1 heterocycles. The lowest BCUT2D eigenvalue weighted by Crippen LogP contribution is -2.40. The summed E-state index contributed by atoms with van der Waals surface area (Å²) in [6.45, 7) is 6.93. The molecule has 1 aromatic carbocycles. The molecule has 0 aliphatic carbocycles. The van der Waals surface area contributed by atoms with Gasteiger partial charge in [-0.3, -0.25) is 10.1 Å². The van der Waals surface area contributed by atoms with E-state index in [1.807, 2.05) is 20.8 Å². The van der Waals surface area contributed by atoms with Gasteiger partial charge in [0.25, 0.3) is 5.69 Å². The average molecular weight is 307 g/mol. The van der Waals surface area contributed by atoms with E-state index in [-0.39, 0.29) is 11.7 Å². The molecule has 0 aromatic heterocycles. The summed E-state index contributed by atoms with van der Waals surface area (Å²) in [4.78, 5) is 24.1. The number of rotatable bonds is 3. The van der Waals surface area contributed by atoms with Crippen molar-refractivity contribution >= 4 is 17.5 Å². The van der Waals surface area contributed by atoms with Crippen molar-refractivity contribution in [2.75, 3.05) is 18.0 Å². The largest absolute Gasteiger partial charge is 0.444 e. The Hall–Kier alpha value is -2.31. The third-order valence-corrected chi connectivity index (χ3v) is 3.33. The fourth-order valence-corrected chi connectivity index (χ4v) is 2.37. The smallest absolute Gasteiger partial charge is 0.407 e. The van der Waals surface area contributed by atoms with Crippen LogP contribution in [0, 0.1) is 10.1 Å². The lowest BCUT2D eigenvalue weighted by molar-refractivity contribution is -0.384. The second-order valence-corrected chi connectivity index (χ2v) is 6.35. The highest BCUT2D eigenvalue weighted by Crippen LogP contribution is 2.23. The summed E-state index contributed by atoms with van der Waals surface area (Å²) in [5, 5.41) is 13.5. The molecule has 1 aliphatic rings. The van der Waals surface area contributed by atoms with Gasteiger partial charge in [-0.05, 0) is 39.3 Å². The number of benzene rings is 1. The molecular weight excluding hydrogens is 286 g/mol. The van der Waals surface area contributed by atoms with Crippen LogP contribution in [0.3, 0.4) is 0 Å². The van der Waals surface area contributed by atoms with Crippen LogP contribution < -0.4 is 10.2 Å². The first-order valence-electron chi connectivity index (χ1n) is 7.23. The molecule has 0 spiro atoms. The predicted molar refractivity (Wildman–Crippen MR) is 83.1 cm³/mol. The summed E-state index contributed by atoms with van der Waals surface area (Å²) in [6.07, 6.45) is 0.402. The first-order chi connectivity index (χ1) is 10.2. The summed E-state index contributed by atoms with van der Waals surface area (Å²) >= 11 is 0. The monoisotopic (exact) mass is 307 g/mol. The third kappa shape index (κ3) is 4.34. The van der Waals surface area contributed by atoms with Crippen molar-refractivity contribution in [3.63, 3.8) is 0 Å². The highest BCUT2D eigenvalue weighted by molar-refractivity contribution is 5.68. The maximum atomic E-state index is 11.8. The van der Waals surface area contributed by atoms with Crippen LogP contribution in [-0.4, -0.2) is 35.7 Å². The molecule has 2 rings (SSSR count). The molecule has 1 saturated heterocycles. The minimum Gasteiger partial charge on any atom is -0.444 e. The van der Waals surface area contributed by atoms with E-state index >= 15 is 0 Å². The first-order valence-corrected chi connectivity index (χ1v) is 7.23. The van der Waals surface area contributed by atoms with Crippen LogP contribution in [-0.2, 0) is 4.74 Å². The summed E-state index contributed by atoms with van der Waals surface area (Å²) in [6, 6.07) is 6.46. The Bertz CT molecular complexity index is 551. The second-order valence-electron chi connectivity index (χ2n) is 6.35. The maximum Gasteiger partial charge on any atom is 0.407 e. The molecule has 0 radical (unpaired) electrons. The zero-order valence-electron chi connectivity index (χ0n) is 13.0. The van der Waals surface area contributed by atoms with Gasteiger partial charge in [0.15, 0.2) is 0 Å². The molecule has 0 saturated carbocycles. The lowest BCUT2D eigenvalue weighted by atomic mass is 10.2. The Balaban J connectivity index is 1.89. The van der Waals surface area contributed by atoms with Gasteiger partial charge in [0.1, 0.15) is 5.60 Å². The number of carbonyl (C=O) groups excluding carboxylic acids is 1. The van der Waals surface area contributed by atoms with E-state index in [1.54, 1.807) is 12.1 Å². The van der Waals surface area contributed by atoms with E-state index < -0.39 is 16.6 Å². The van der Waals surface area contributed by atoms with Gasteiger partial charge in [-0.1, -0.05) is 0 Å². The zero-order chi connectivity index (χ0) is 16.3. The Morgan fingerprint density at radius 2 is 2.00 bits per heavy atom. The highest BCUT2D eigenvalue weighted by Gasteiger charge is 2.26. The van der Waals surface area contributed by atoms with Crippen LogP contribution >= 0.6 is 0 Å². The summed E-state index contributed by atoms with van der Waals surface area (Å²) in [5.74, 6) is 0. The number of amides is 1. The summed E-state index contributed by atoms with van der Waals surface area (Å²) in [5.41, 5.74) is 0.478. The van der Waals surface area contributed by atoms with Crippen molar-refractivity contribution in [2.45, 2.75) is 38.8 Å². The van der Waals surface area contributed by atoms with Crippen molar-refractivity contribution in [1.29, 1.82) is 0 Å². The Morgan fingerprint density at radius 3 is 2.55 bits per heavy atom. The number of nitrogens with zero attached hydrogens (tertiary/aromatic N) is 2. The predicted octanol–water partition coefficient (Wildman–Crippen LogP) is 2.70. The van der Waals surface area contributed by atoms with Crippen molar-refractivity contribution in [3.8, 4) is 0 Å². The molecule has 1 aromatic rings. The quantitative estimate of drug-likeness (QED) is 0.685. The molecule has 0 bridgehead atoms. The number of non-ortho nitro benzene ring substituents is 1. The summed E-state index contributed by atoms with van der Waals surface area (Å²) in [7, 11) is 0. The number of nitro groups is 1. The number of hydrogen-bond acceptors (Lipinski definition) is 5. The normalized spacial score (nSPS) is 18.1. The molecule has 120 valence electrons. The SMILES string of the molecule is CC(C)(C)OC(=O)N[C@H]1CCN(c2ccc([N+](=O)[O-])cc2)C1. The number of carbonyl (C=O) groups is 1. The fourth-order valence-electron chi connectivity index (χ4n) is 2.37. The van der Waals surface area contributed by atoms with Crippen molar-refractivity contribution in [2.24, 2.45) is 0 Å². The standard InChI is InChI=1S/C15H21N3O4/c1-15(2,3)22-14(19)16-11-8-9-17(10-11)12-4-6-13(7-5-12)18(20)21/h4-7,11H,8-10H2,1-3H3,(H,16,19)/t11-/m0/s1. The van der Waals surface area contributed by atoms with Crippen molar-refractivity contribution in [1.82, 2.24) is 5.32 Å². The van der Waals surface area contributed by atoms with Crippen LogP contribution in [0.2, 0.25) is 0 Å². The van der Waals surface area contributed by atoms with Gasteiger partial charge < -0.3 is 15.0 Å². The van der Waals surface area contributed by atoms with E-state index in [0.29, 0.717) is 6.54 Å². The van der Waals surface area contributed by atoms with E-state index in [9.17, 15) is 14.9 Å². The molecule has 1 fully saturated rings. The molecule has 1 aliphatic heterocycles. The molecule has 7 nitrogen and oxygen atoms in total. The van der Waals surface area contributed by atoms with Crippen LogP contribution in [0.4, 0.5) is 16.2 Å². The molecule has 22 heavy (non-hydrogen) atoms.